The SMILES string of the molecule is CC(=O)c1cccc(NC(=O)c2ccc(-c3ccc(C)c(C)c3)o2)c1. The van der Waals surface area contributed by atoms with Crippen molar-refractivity contribution < 1.29 is 14.0 Å². The van der Waals surface area contributed by atoms with E-state index >= 15 is 0 Å². The number of benzene rings is 2. The van der Waals surface area contributed by atoms with Crippen LogP contribution in [0.5, 0.6) is 0 Å². The van der Waals surface area contributed by atoms with Crippen molar-refractivity contribution in [3.8, 4) is 11.3 Å². The number of carbonyl (C=O) groups excluding carboxylic acids is 2. The van der Waals surface area contributed by atoms with Crippen molar-refractivity contribution in [1.82, 2.24) is 0 Å². The number of hydrogen-bond acceptors (Lipinski definition) is 3. The molecule has 25 heavy (non-hydrogen) atoms. The molecule has 0 atom stereocenters. The number of aryl methyl sites for hydroxylation is 2. The highest BCUT2D eigenvalue weighted by Gasteiger charge is 2.13. The van der Waals surface area contributed by atoms with Crippen molar-refractivity contribution in [1.29, 1.82) is 0 Å². The van der Waals surface area contributed by atoms with Crippen molar-refractivity contribution in [2.75, 3.05) is 5.32 Å². The predicted molar refractivity (Wildman–Crippen MR) is 98.0 cm³/mol. The molecule has 1 amide bonds. The topological polar surface area (TPSA) is 59.3 Å². The quantitative estimate of drug-likeness (QED) is 0.682. The van der Waals surface area contributed by atoms with E-state index in [1.54, 1.807) is 36.4 Å². The Kier molecular flexibility index (Phi) is 4.52. The molecule has 0 spiro atoms. The van der Waals surface area contributed by atoms with Crippen molar-refractivity contribution in [3.63, 3.8) is 0 Å². The number of amides is 1. The van der Waals surface area contributed by atoms with Gasteiger partial charge in [0.25, 0.3) is 5.91 Å². The molecule has 3 aromatic rings. The monoisotopic (exact) mass is 333 g/mol. The van der Waals surface area contributed by atoms with Gasteiger partial charge < -0.3 is 9.73 Å². The van der Waals surface area contributed by atoms with Crippen LogP contribution in [-0.4, -0.2) is 11.7 Å². The van der Waals surface area contributed by atoms with E-state index in [0.29, 0.717) is 17.0 Å². The Labute approximate surface area is 146 Å². The van der Waals surface area contributed by atoms with E-state index in [4.69, 9.17) is 4.42 Å². The Morgan fingerprint density at radius 1 is 0.920 bits per heavy atom. The summed E-state index contributed by atoms with van der Waals surface area (Å²) in [6.45, 7) is 5.58. The van der Waals surface area contributed by atoms with Crippen molar-refractivity contribution in [3.05, 3.63) is 77.0 Å². The lowest BCUT2D eigenvalue weighted by molar-refractivity contribution is 0.0992. The summed E-state index contributed by atoms with van der Waals surface area (Å²) < 4.78 is 5.70. The highest BCUT2D eigenvalue weighted by atomic mass is 16.3. The average molecular weight is 333 g/mol. The van der Waals surface area contributed by atoms with E-state index < -0.39 is 0 Å². The molecule has 0 aliphatic rings. The highest BCUT2D eigenvalue weighted by Crippen LogP contribution is 2.25. The molecule has 1 aromatic heterocycles. The molecular weight excluding hydrogens is 314 g/mol. The number of rotatable bonds is 4. The molecule has 0 bridgehead atoms. The maximum atomic E-state index is 12.4. The Balaban J connectivity index is 1.80. The predicted octanol–water partition coefficient (Wildman–Crippen LogP) is 5.02. The molecule has 126 valence electrons. The lowest BCUT2D eigenvalue weighted by Gasteiger charge is -2.05. The maximum Gasteiger partial charge on any atom is 0.291 e. The minimum atomic E-state index is -0.351. The summed E-state index contributed by atoms with van der Waals surface area (Å²) in [6.07, 6.45) is 0. The number of anilines is 1. The van der Waals surface area contributed by atoms with Crippen LogP contribution >= 0.6 is 0 Å². The Bertz CT molecular complexity index is 953. The molecule has 0 aliphatic carbocycles. The van der Waals surface area contributed by atoms with Gasteiger partial charge in [-0.25, -0.2) is 0 Å². The van der Waals surface area contributed by atoms with E-state index in [-0.39, 0.29) is 17.5 Å². The number of furan rings is 1. The Hall–Kier alpha value is -3.14. The molecule has 0 unspecified atom stereocenters. The molecule has 2 aromatic carbocycles. The molecule has 0 fully saturated rings. The first-order valence-corrected chi connectivity index (χ1v) is 8.04. The van der Waals surface area contributed by atoms with Gasteiger partial charge in [-0.2, -0.15) is 0 Å². The smallest absolute Gasteiger partial charge is 0.291 e. The van der Waals surface area contributed by atoms with E-state index in [1.807, 2.05) is 25.1 Å². The van der Waals surface area contributed by atoms with Crippen LogP contribution in [0.15, 0.2) is 59.0 Å². The molecular formula is C21H19NO3. The number of ketones is 1. The fourth-order valence-electron chi connectivity index (χ4n) is 2.52. The standard InChI is InChI=1S/C21H19NO3/c1-13-7-8-17(11-14(13)2)19-9-10-20(25-19)21(24)22-18-6-4-5-16(12-18)15(3)23/h4-12H,1-3H3,(H,22,24). The van der Waals surface area contributed by atoms with Crippen LogP contribution in [0, 0.1) is 13.8 Å². The summed E-state index contributed by atoms with van der Waals surface area (Å²) in [5.74, 6) is 0.467. The summed E-state index contributed by atoms with van der Waals surface area (Å²) in [6, 6.07) is 16.3. The largest absolute Gasteiger partial charge is 0.451 e. The zero-order chi connectivity index (χ0) is 18.0. The Morgan fingerprint density at radius 3 is 2.44 bits per heavy atom. The van der Waals surface area contributed by atoms with Crippen LogP contribution in [0.3, 0.4) is 0 Å². The molecule has 1 heterocycles. The minimum absolute atomic E-state index is 0.0499. The summed E-state index contributed by atoms with van der Waals surface area (Å²) >= 11 is 0. The minimum Gasteiger partial charge on any atom is -0.451 e. The maximum absolute atomic E-state index is 12.4. The molecule has 3 rings (SSSR count). The van der Waals surface area contributed by atoms with E-state index in [1.165, 1.54) is 18.1 Å². The van der Waals surface area contributed by atoms with Gasteiger partial charge in [0.05, 0.1) is 0 Å². The molecule has 4 nitrogen and oxygen atoms in total. The zero-order valence-corrected chi connectivity index (χ0v) is 14.4. The first kappa shape index (κ1) is 16.7. The van der Waals surface area contributed by atoms with Gasteiger partial charge in [0, 0.05) is 16.8 Å². The molecule has 0 radical (unpaired) electrons. The van der Waals surface area contributed by atoms with E-state index in [9.17, 15) is 9.59 Å². The molecule has 0 aliphatic heterocycles. The number of hydrogen-bond donors (Lipinski definition) is 1. The van der Waals surface area contributed by atoms with Crippen LogP contribution in [0.2, 0.25) is 0 Å². The number of Topliss-reactive ketones (excluding diaryl/α,β-unsaturated/α-hetero) is 1. The summed E-state index contributed by atoms with van der Waals surface area (Å²) in [5, 5.41) is 2.75. The van der Waals surface area contributed by atoms with Crippen molar-refractivity contribution in [2.24, 2.45) is 0 Å². The van der Waals surface area contributed by atoms with Crippen LogP contribution in [0.4, 0.5) is 5.69 Å². The van der Waals surface area contributed by atoms with Gasteiger partial charge in [0.2, 0.25) is 0 Å². The Morgan fingerprint density at radius 2 is 1.72 bits per heavy atom. The van der Waals surface area contributed by atoms with Crippen molar-refractivity contribution in [2.45, 2.75) is 20.8 Å². The third kappa shape index (κ3) is 3.69. The summed E-state index contributed by atoms with van der Waals surface area (Å²) in [5.41, 5.74) is 4.41. The van der Waals surface area contributed by atoms with Crippen LogP contribution < -0.4 is 5.32 Å². The third-order valence-corrected chi connectivity index (χ3v) is 4.15. The third-order valence-electron chi connectivity index (χ3n) is 4.15. The lowest BCUT2D eigenvalue weighted by Crippen LogP contribution is -2.11. The van der Waals surface area contributed by atoms with Gasteiger partial charge in [-0.3, -0.25) is 9.59 Å². The molecule has 1 N–H and O–H groups in total. The summed E-state index contributed by atoms with van der Waals surface area (Å²) in [4.78, 5) is 23.8. The molecule has 0 saturated heterocycles. The first-order chi connectivity index (χ1) is 11.9. The first-order valence-electron chi connectivity index (χ1n) is 8.04. The molecule has 4 heteroatoms. The van der Waals surface area contributed by atoms with Gasteiger partial charge in [0.1, 0.15) is 5.76 Å². The second-order valence-corrected chi connectivity index (χ2v) is 6.05. The van der Waals surface area contributed by atoms with Gasteiger partial charge in [-0.05, 0) is 62.2 Å². The van der Waals surface area contributed by atoms with Crippen LogP contribution in [0.25, 0.3) is 11.3 Å². The van der Waals surface area contributed by atoms with E-state index in [2.05, 4.69) is 12.2 Å². The van der Waals surface area contributed by atoms with Gasteiger partial charge in [-0.1, -0.05) is 24.3 Å². The van der Waals surface area contributed by atoms with Gasteiger partial charge >= 0.3 is 0 Å². The lowest BCUT2D eigenvalue weighted by atomic mass is 10.1. The van der Waals surface area contributed by atoms with Gasteiger partial charge in [0.15, 0.2) is 11.5 Å². The van der Waals surface area contributed by atoms with Crippen LogP contribution in [0.1, 0.15) is 39.0 Å². The average Bonchev–Trinajstić information content (AvgIpc) is 3.08. The fraction of sp³-hybridized carbons (Fsp3) is 0.143. The second kappa shape index (κ2) is 6.77. The van der Waals surface area contributed by atoms with Gasteiger partial charge in [-0.15, -0.1) is 0 Å². The zero-order valence-electron chi connectivity index (χ0n) is 14.4. The van der Waals surface area contributed by atoms with Crippen LogP contribution in [-0.2, 0) is 0 Å². The summed E-state index contributed by atoms with van der Waals surface area (Å²) in [7, 11) is 0. The number of carbonyl (C=O) groups is 2. The van der Waals surface area contributed by atoms with Crippen molar-refractivity contribution >= 4 is 17.4 Å². The highest BCUT2D eigenvalue weighted by molar-refractivity contribution is 6.03. The number of nitrogens with one attached hydrogen (secondary N) is 1. The van der Waals surface area contributed by atoms with E-state index in [0.717, 1.165) is 5.56 Å². The molecule has 0 saturated carbocycles. The fourth-order valence-corrected chi connectivity index (χ4v) is 2.52. The second-order valence-electron chi connectivity index (χ2n) is 6.05. The normalized spacial score (nSPS) is 10.5.